The van der Waals surface area contributed by atoms with Crippen LogP contribution in [0.5, 0.6) is 0 Å². The van der Waals surface area contributed by atoms with Gasteiger partial charge in [-0.2, -0.15) is 0 Å². The highest BCUT2D eigenvalue weighted by Gasteiger charge is 2.48. The van der Waals surface area contributed by atoms with E-state index in [1.807, 2.05) is 36.4 Å². The predicted octanol–water partition coefficient (Wildman–Crippen LogP) is 4.82. The molecule has 2 heterocycles. The summed E-state index contributed by atoms with van der Waals surface area (Å²) in [7, 11) is 0. The monoisotopic (exact) mass is 474 g/mol. The van der Waals surface area contributed by atoms with Crippen molar-refractivity contribution in [2.45, 2.75) is 19.8 Å². The van der Waals surface area contributed by atoms with Crippen LogP contribution >= 0.6 is 0 Å². The van der Waals surface area contributed by atoms with Crippen molar-refractivity contribution in [2.24, 2.45) is 11.3 Å². The van der Waals surface area contributed by atoms with E-state index < -0.39 is 23.4 Å². The standard InChI is InChI=1S/C27H26N2O6/c1-16-13-29(15-27(16,2)25(31)32)24(30)23-22(11-12-34-23)28-26(33)35-14-21-19-9-5-3-7-17(19)18-8-4-6-10-20(18)21/h3-12,16,21H,13-15H2,1-2H3,(H,28,33)(H,31,32). The van der Waals surface area contributed by atoms with Gasteiger partial charge in [0.2, 0.25) is 5.76 Å². The fourth-order valence-electron chi connectivity index (χ4n) is 5.04. The van der Waals surface area contributed by atoms with Gasteiger partial charge in [0.15, 0.2) is 0 Å². The number of furan rings is 1. The van der Waals surface area contributed by atoms with Gasteiger partial charge in [-0.3, -0.25) is 14.9 Å². The van der Waals surface area contributed by atoms with Crippen LogP contribution in [0.1, 0.15) is 41.4 Å². The van der Waals surface area contributed by atoms with Gasteiger partial charge in [-0.1, -0.05) is 55.5 Å². The van der Waals surface area contributed by atoms with E-state index in [0.717, 1.165) is 22.3 Å². The van der Waals surface area contributed by atoms with Gasteiger partial charge >= 0.3 is 12.1 Å². The maximum atomic E-state index is 13.1. The molecule has 0 saturated carbocycles. The molecule has 3 aromatic rings. The third-order valence-electron chi connectivity index (χ3n) is 7.32. The molecule has 0 radical (unpaired) electrons. The van der Waals surface area contributed by atoms with Crippen LogP contribution < -0.4 is 5.32 Å². The fraction of sp³-hybridized carbons (Fsp3) is 0.296. The lowest BCUT2D eigenvalue weighted by Gasteiger charge is -2.22. The second-order valence-electron chi connectivity index (χ2n) is 9.42. The van der Waals surface area contributed by atoms with Gasteiger partial charge in [-0.25, -0.2) is 4.79 Å². The SMILES string of the molecule is CC1CN(C(=O)c2occc2NC(=O)OCC2c3ccccc3-c3ccccc32)CC1(C)C(=O)O. The average molecular weight is 475 g/mol. The van der Waals surface area contributed by atoms with Gasteiger partial charge in [-0.15, -0.1) is 0 Å². The Bertz CT molecular complexity index is 1270. The Morgan fingerprint density at radius 2 is 1.71 bits per heavy atom. The van der Waals surface area contributed by atoms with Crippen LogP contribution in [0.2, 0.25) is 0 Å². The van der Waals surface area contributed by atoms with Crippen molar-refractivity contribution in [3.05, 3.63) is 77.7 Å². The third-order valence-corrected chi connectivity index (χ3v) is 7.32. The number of amides is 2. The summed E-state index contributed by atoms with van der Waals surface area (Å²) in [6.07, 6.45) is 0.606. The van der Waals surface area contributed by atoms with E-state index in [9.17, 15) is 19.5 Å². The highest BCUT2D eigenvalue weighted by molar-refractivity contribution is 6.00. The number of rotatable bonds is 5. The zero-order valence-corrected chi connectivity index (χ0v) is 19.5. The molecule has 5 rings (SSSR count). The first-order valence-electron chi connectivity index (χ1n) is 11.5. The second kappa shape index (κ2) is 8.61. The Hall–Kier alpha value is -4.07. The fourth-order valence-corrected chi connectivity index (χ4v) is 5.04. The Kier molecular flexibility index (Phi) is 5.59. The molecule has 1 aliphatic carbocycles. The van der Waals surface area contributed by atoms with Crippen molar-refractivity contribution in [3.8, 4) is 11.1 Å². The van der Waals surface area contributed by atoms with E-state index in [1.54, 1.807) is 13.8 Å². The quantitative estimate of drug-likeness (QED) is 0.549. The zero-order valence-electron chi connectivity index (χ0n) is 19.5. The molecule has 2 atom stereocenters. The number of carbonyl (C=O) groups excluding carboxylic acids is 2. The summed E-state index contributed by atoms with van der Waals surface area (Å²) in [4.78, 5) is 38.9. The van der Waals surface area contributed by atoms with Crippen LogP contribution in [0.25, 0.3) is 11.1 Å². The number of benzene rings is 2. The molecule has 1 aromatic heterocycles. The van der Waals surface area contributed by atoms with Crippen LogP contribution in [-0.4, -0.2) is 47.7 Å². The molecule has 2 aliphatic rings. The van der Waals surface area contributed by atoms with E-state index in [4.69, 9.17) is 9.15 Å². The van der Waals surface area contributed by atoms with Crippen LogP contribution in [0.3, 0.4) is 0 Å². The molecule has 1 aliphatic heterocycles. The van der Waals surface area contributed by atoms with Crippen LogP contribution in [0.15, 0.2) is 65.3 Å². The number of likely N-dealkylation sites (tertiary alicyclic amines) is 1. The molecule has 2 unspecified atom stereocenters. The van der Waals surface area contributed by atoms with Crippen molar-refractivity contribution >= 4 is 23.7 Å². The number of carboxylic acid groups (broad SMARTS) is 1. The highest BCUT2D eigenvalue weighted by atomic mass is 16.5. The molecule has 8 heteroatoms. The Balaban J connectivity index is 1.26. The van der Waals surface area contributed by atoms with Crippen LogP contribution in [-0.2, 0) is 9.53 Å². The van der Waals surface area contributed by atoms with E-state index in [1.165, 1.54) is 17.2 Å². The van der Waals surface area contributed by atoms with Crippen molar-refractivity contribution < 1.29 is 28.6 Å². The number of carboxylic acids is 1. The minimum Gasteiger partial charge on any atom is -0.481 e. The maximum Gasteiger partial charge on any atom is 0.411 e. The number of hydrogen-bond donors (Lipinski definition) is 2. The predicted molar refractivity (Wildman–Crippen MR) is 128 cm³/mol. The molecule has 180 valence electrons. The maximum absolute atomic E-state index is 13.1. The van der Waals surface area contributed by atoms with Gasteiger partial charge in [0.25, 0.3) is 5.91 Å². The lowest BCUT2D eigenvalue weighted by Crippen LogP contribution is -2.36. The van der Waals surface area contributed by atoms with Gasteiger partial charge in [-0.05, 0) is 35.1 Å². The molecule has 2 aromatic carbocycles. The van der Waals surface area contributed by atoms with Crippen LogP contribution in [0.4, 0.5) is 10.5 Å². The summed E-state index contributed by atoms with van der Waals surface area (Å²) < 4.78 is 10.9. The van der Waals surface area contributed by atoms with Gasteiger partial charge in [0, 0.05) is 25.1 Å². The van der Waals surface area contributed by atoms with Crippen molar-refractivity contribution in [2.75, 3.05) is 25.0 Å². The third kappa shape index (κ3) is 3.84. The Morgan fingerprint density at radius 1 is 1.09 bits per heavy atom. The van der Waals surface area contributed by atoms with Crippen LogP contribution in [0, 0.1) is 11.3 Å². The molecule has 35 heavy (non-hydrogen) atoms. The first-order chi connectivity index (χ1) is 16.8. The molecule has 1 fully saturated rings. The summed E-state index contributed by atoms with van der Waals surface area (Å²) in [5.74, 6) is -1.78. The smallest absolute Gasteiger partial charge is 0.411 e. The van der Waals surface area contributed by atoms with Crippen molar-refractivity contribution in [3.63, 3.8) is 0 Å². The molecule has 0 bridgehead atoms. The minimum absolute atomic E-state index is 0.0552. The summed E-state index contributed by atoms with van der Waals surface area (Å²) in [5, 5.41) is 12.2. The lowest BCUT2D eigenvalue weighted by molar-refractivity contribution is -0.148. The van der Waals surface area contributed by atoms with Crippen molar-refractivity contribution in [1.29, 1.82) is 0 Å². The summed E-state index contributed by atoms with van der Waals surface area (Å²) in [6.45, 7) is 3.92. The van der Waals surface area contributed by atoms with Gasteiger partial charge < -0.3 is 19.2 Å². The molecule has 2 amide bonds. The minimum atomic E-state index is -1.04. The Labute approximate surface area is 202 Å². The van der Waals surface area contributed by atoms with E-state index >= 15 is 0 Å². The number of ether oxygens (including phenoxy) is 1. The zero-order chi connectivity index (χ0) is 24.7. The molecular weight excluding hydrogens is 448 g/mol. The van der Waals surface area contributed by atoms with E-state index in [-0.39, 0.29) is 43.0 Å². The summed E-state index contributed by atoms with van der Waals surface area (Å²) >= 11 is 0. The lowest BCUT2D eigenvalue weighted by atomic mass is 9.81. The Morgan fingerprint density at radius 3 is 2.31 bits per heavy atom. The van der Waals surface area contributed by atoms with E-state index in [2.05, 4.69) is 17.4 Å². The molecule has 0 spiro atoms. The normalized spacial score (nSPS) is 20.9. The molecule has 8 nitrogen and oxygen atoms in total. The highest BCUT2D eigenvalue weighted by Crippen LogP contribution is 2.44. The average Bonchev–Trinajstić information content (AvgIpc) is 3.52. The largest absolute Gasteiger partial charge is 0.481 e. The number of aliphatic carboxylic acids is 1. The number of nitrogens with one attached hydrogen (secondary N) is 1. The van der Waals surface area contributed by atoms with Crippen molar-refractivity contribution in [1.82, 2.24) is 4.90 Å². The molecule has 1 saturated heterocycles. The summed E-state index contributed by atoms with van der Waals surface area (Å²) in [5.41, 5.74) is 3.61. The number of fused-ring (bicyclic) bond motifs is 3. The van der Waals surface area contributed by atoms with Gasteiger partial charge in [0.05, 0.1) is 17.4 Å². The van der Waals surface area contributed by atoms with E-state index in [0.29, 0.717) is 0 Å². The second-order valence-corrected chi connectivity index (χ2v) is 9.42. The number of anilines is 1. The topological polar surface area (TPSA) is 109 Å². The molecule has 2 N–H and O–H groups in total. The number of carbonyl (C=O) groups is 3. The van der Waals surface area contributed by atoms with Gasteiger partial charge in [0.1, 0.15) is 6.61 Å². The first kappa shape index (κ1) is 22.7. The number of hydrogen-bond acceptors (Lipinski definition) is 5. The first-order valence-corrected chi connectivity index (χ1v) is 11.5. The number of nitrogens with zero attached hydrogens (tertiary/aromatic N) is 1. The molecular formula is C27H26N2O6. The summed E-state index contributed by atoms with van der Waals surface area (Å²) in [6, 6.07) is 17.6.